The average molecular weight is 286 g/mol. The van der Waals surface area contributed by atoms with Crippen LogP contribution >= 0.6 is 0 Å². The summed E-state index contributed by atoms with van der Waals surface area (Å²) in [4.78, 5) is 0.136. The van der Waals surface area contributed by atoms with Crippen LogP contribution in [-0.2, 0) is 14.8 Å². The van der Waals surface area contributed by atoms with Crippen molar-refractivity contribution in [3.05, 3.63) is 18.2 Å². The van der Waals surface area contributed by atoms with Gasteiger partial charge in [-0.3, -0.25) is 0 Å². The SMILES string of the molecule is COc1cc(S(=O)(=O)NCC2CCCO2)ccc1N. The van der Waals surface area contributed by atoms with Crippen LogP contribution in [0, 0.1) is 0 Å². The first-order valence-corrected chi connectivity index (χ1v) is 7.56. The first-order valence-electron chi connectivity index (χ1n) is 6.08. The van der Waals surface area contributed by atoms with E-state index in [0.29, 0.717) is 18.0 Å². The van der Waals surface area contributed by atoms with Crippen LogP contribution in [0.1, 0.15) is 12.8 Å². The predicted octanol–water partition coefficient (Wildman–Crippen LogP) is 0.735. The summed E-state index contributed by atoms with van der Waals surface area (Å²) in [5.74, 6) is 0.347. The van der Waals surface area contributed by atoms with E-state index >= 15 is 0 Å². The summed E-state index contributed by atoms with van der Waals surface area (Å²) >= 11 is 0. The van der Waals surface area contributed by atoms with E-state index in [1.54, 1.807) is 0 Å². The fourth-order valence-electron chi connectivity index (χ4n) is 1.95. The number of nitrogens with one attached hydrogen (secondary N) is 1. The van der Waals surface area contributed by atoms with E-state index in [4.69, 9.17) is 15.2 Å². The summed E-state index contributed by atoms with van der Waals surface area (Å²) in [5, 5.41) is 0. The minimum atomic E-state index is -3.56. The maximum absolute atomic E-state index is 12.1. The summed E-state index contributed by atoms with van der Waals surface area (Å²) < 4.78 is 37.1. The highest BCUT2D eigenvalue weighted by Crippen LogP contribution is 2.24. The largest absolute Gasteiger partial charge is 0.495 e. The summed E-state index contributed by atoms with van der Waals surface area (Å²) in [7, 11) is -2.12. The Balaban J connectivity index is 2.10. The van der Waals surface area contributed by atoms with Gasteiger partial charge in [0.15, 0.2) is 0 Å². The third-order valence-electron chi connectivity index (χ3n) is 3.04. The fraction of sp³-hybridized carbons (Fsp3) is 0.500. The Morgan fingerprint density at radius 2 is 2.32 bits per heavy atom. The minimum absolute atomic E-state index is 0.0366. The van der Waals surface area contributed by atoms with Crippen molar-refractivity contribution >= 4 is 15.7 Å². The van der Waals surface area contributed by atoms with Crippen molar-refractivity contribution < 1.29 is 17.9 Å². The molecule has 1 aliphatic rings. The molecular formula is C12H18N2O4S. The third-order valence-corrected chi connectivity index (χ3v) is 4.46. The lowest BCUT2D eigenvalue weighted by Crippen LogP contribution is -2.31. The summed E-state index contributed by atoms with van der Waals surface area (Å²) in [5.41, 5.74) is 6.06. The van der Waals surface area contributed by atoms with E-state index < -0.39 is 10.0 Å². The van der Waals surface area contributed by atoms with Gasteiger partial charge in [-0.15, -0.1) is 0 Å². The normalized spacial score (nSPS) is 19.5. The molecule has 1 heterocycles. The van der Waals surface area contributed by atoms with Crippen LogP contribution < -0.4 is 15.2 Å². The molecule has 1 fully saturated rings. The molecule has 2 rings (SSSR count). The first kappa shape index (κ1) is 14.1. The van der Waals surface area contributed by atoms with Gasteiger partial charge in [0.2, 0.25) is 10.0 Å². The molecule has 1 aromatic rings. The van der Waals surface area contributed by atoms with Gasteiger partial charge in [-0.1, -0.05) is 0 Å². The van der Waals surface area contributed by atoms with Crippen molar-refractivity contribution in [2.75, 3.05) is 26.0 Å². The molecule has 1 atom stereocenters. The van der Waals surface area contributed by atoms with E-state index in [9.17, 15) is 8.42 Å². The van der Waals surface area contributed by atoms with Crippen molar-refractivity contribution in [3.63, 3.8) is 0 Å². The number of rotatable bonds is 5. The molecule has 106 valence electrons. The Labute approximate surface area is 112 Å². The molecule has 3 N–H and O–H groups in total. The standard InChI is InChI=1S/C12H18N2O4S/c1-17-12-7-10(4-5-11(12)13)19(15,16)14-8-9-3-2-6-18-9/h4-5,7,9,14H,2-3,6,8,13H2,1H3. The molecule has 1 saturated heterocycles. The Hall–Kier alpha value is -1.31. The maximum atomic E-state index is 12.1. The van der Waals surface area contributed by atoms with Gasteiger partial charge < -0.3 is 15.2 Å². The zero-order chi connectivity index (χ0) is 13.9. The molecule has 6 nitrogen and oxygen atoms in total. The van der Waals surface area contributed by atoms with E-state index in [1.807, 2.05) is 0 Å². The Morgan fingerprint density at radius 3 is 2.95 bits per heavy atom. The minimum Gasteiger partial charge on any atom is -0.495 e. The van der Waals surface area contributed by atoms with Gasteiger partial charge in [0, 0.05) is 19.2 Å². The van der Waals surface area contributed by atoms with Gasteiger partial charge >= 0.3 is 0 Å². The Kier molecular flexibility index (Phi) is 4.28. The Bertz CT molecular complexity index is 539. The van der Waals surface area contributed by atoms with Crippen LogP contribution in [0.15, 0.2) is 23.1 Å². The van der Waals surface area contributed by atoms with Crippen LogP contribution in [0.5, 0.6) is 5.75 Å². The number of ether oxygens (including phenoxy) is 2. The highest BCUT2D eigenvalue weighted by atomic mass is 32.2. The van der Waals surface area contributed by atoms with Crippen LogP contribution in [0.3, 0.4) is 0 Å². The molecule has 0 spiro atoms. The second kappa shape index (κ2) is 5.77. The lowest BCUT2D eigenvalue weighted by atomic mass is 10.2. The topological polar surface area (TPSA) is 90.7 Å². The fourth-order valence-corrected chi connectivity index (χ4v) is 3.03. The second-order valence-corrected chi connectivity index (χ2v) is 6.16. The summed E-state index contributed by atoms with van der Waals surface area (Å²) in [6.07, 6.45) is 1.82. The van der Waals surface area contributed by atoms with Crippen molar-refractivity contribution in [2.24, 2.45) is 0 Å². The van der Waals surface area contributed by atoms with Crippen LogP contribution in [0.4, 0.5) is 5.69 Å². The first-order chi connectivity index (χ1) is 9.03. The predicted molar refractivity (Wildman–Crippen MR) is 71.6 cm³/mol. The van der Waals surface area contributed by atoms with Crippen LogP contribution in [-0.4, -0.2) is 34.8 Å². The molecule has 1 aliphatic heterocycles. The number of anilines is 1. The van der Waals surface area contributed by atoms with Gasteiger partial charge in [0.25, 0.3) is 0 Å². The second-order valence-electron chi connectivity index (χ2n) is 4.39. The molecule has 0 aliphatic carbocycles. The molecule has 1 unspecified atom stereocenters. The van der Waals surface area contributed by atoms with Gasteiger partial charge in [0.05, 0.1) is 23.8 Å². The quantitative estimate of drug-likeness (QED) is 0.779. The monoisotopic (exact) mass is 286 g/mol. The van der Waals surface area contributed by atoms with E-state index in [1.165, 1.54) is 25.3 Å². The number of hydrogen-bond donors (Lipinski definition) is 2. The summed E-state index contributed by atoms with van der Waals surface area (Å²) in [6.45, 7) is 0.983. The van der Waals surface area contributed by atoms with Crippen molar-refractivity contribution in [1.29, 1.82) is 0 Å². The third kappa shape index (κ3) is 3.37. The molecule has 0 radical (unpaired) electrons. The molecule has 7 heteroatoms. The number of nitrogen functional groups attached to an aromatic ring is 1. The molecule has 1 aromatic carbocycles. The molecule has 19 heavy (non-hydrogen) atoms. The van der Waals surface area contributed by atoms with Gasteiger partial charge in [-0.2, -0.15) is 0 Å². The zero-order valence-corrected chi connectivity index (χ0v) is 11.6. The molecule has 0 amide bonds. The van der Waals surface area contributed by atoms with Crippen molar-refractivity contribution in [1.82, 2.24) is 4.72 Å². The molecular weight excluding hydrogens is 268 g/mol. The number of benzene rings is 1. The Morgan fingerprint density at radius 1 is 1.53 bits per heavy atom. The van der Waals surface area contributed by atoms with Crippen LogP contribution in [0.25, 0.3) is 0 Å². The number of methoxy groups -OCH3 is 1. The molecule has 0 bridgehead atoms. The smallest absolute Gasteiger partial charge is 0.240 e. The molecule has 0 aromatic heterocycles. The molecule has 0 saturated carbocycles. The van der Waals surface area contributed by atoms with E-state index in [-0.39, 0.29) is 17.5 Å². The highest BCUT2D eigenvalue weighted by Gasteiger charge is 2.20. The number of sulfonamides is 1. The van der Waals surface area contributed by atoms with Crippen LogP contribution in [0.2, 0.25) is 0 Å². The van der Waals surface area contributed by atoms with Gasteiger partial charge in [-0.25, -0.2) is 13.1 Å². The van der Waals surface area contributed by atoms with E-state index in [0.717, 1.165) is 12.8 Å². The lowest BCUT2D eigenvalue weighted by molar-refractivity contribution is 0.114. The average Bonchev–Trinajstić information content (AvgIpc) is 2.90. The number of nitrogens with two attached hydrogens (primary N) is 1. The van der Waals surface area contributed by atoms with Gasteiger partial charge in [-0.05, 0) is 25.0 Å². The van der Waals surface area contributed by atoms with Crippen molar-refractivity contribution in [3.8, 4) is 5.75 Å². The summed E-state index contributed by atoms with van der Waals surface area (Å²) in [6, 6.07) is 4.38. The highest BCUT2D eigenvalue weighted by molar-refractivity contribution is 7.89. The number of hydrogen-bond acceptors (Lipinski definition) is 5. The maximum Gasteiger partial charge on any atom is 0.240 e. The zero-order valence-electron chi connectivity index (χ0n) is 10.8. The van der Waals surface area contributed by atoms with E-state index in [2.05, 4.69) is 4.72 Å². The van der Waals surface area contributed by atoms with Crippen molar-refractivity contribution in [2.45, 2.75) is 23.8 Å². The lowest BCUT2D eigenvalue weighted by Gasteiger charge is -2.12. The van der Waals surface area contributed by atoms with Gasteiger partial charge in [0.1, 0.15) is 5.75 Å².